The third kappa shape index (κ3) is 3.97. The number of piperazine rings is 1. The van der Waals surface area contributed by atoms with Gasteiger partial charge in [-0.2, -0.15) is 0 Å². The van der Waals surface area contributed by atoms with Gasteiger partial charge in [-0.1, -0.05) is 48.5 Å². The van der Waals surface area contributed by atoms with Gasteiger partial charge >= 0.3 is 0 Å². The van der Waals surface area contributed by atoms with E-state index >= 15 is 0 Å². The Hall–Kier alpha value is -4.00. The first-order valence-corrected chi connectivity index (χ1v) is 10.6. The van der Waals surface area contributed by atoms with E-state index in [1.807, 2.05) is 48.5 Å². The summed E-state index contributed by atoms with van der Waals surface area (Å²) in [6.45, 7) is 2.69. The fourth-order valence-electron chi connectivity index (χ4n) is 3.89. The Balaban J connectivity index is 1.41. The summed E-state index contributed by atoms with van der Waals surface area (Å²) < 4.78 is 15.0. The highest BCUT2D eigenvalue weighted by molar-refractivity contribution is 5.91. The Morgan fingerprint density at radius 3 is 2.03 bits per heavy atom. The minimum atomic E-state index is -0.331. The molecule has 0 radical (unpaired) electrons. The van der Waals surface area contributed by atoms with E-state index in [9.17, 15) is 9.18 Å². The first-order valence-electron chi connectivity index (χ1n) is 10.6. The van der Waals surface area contributed by atoms with Crippen molar-refractivity contribution < 1.29 is 9.18 Å². The Bertz CT molecular complexity index is 1200. The largest absolute Gasteiger partial charge is 0.368 e. The van der Waals surface area contributed by atoms with Crippen molar-refractivity contribution in [3.8, 4) is 17.1 Å². The number of anilines is 1. The van der Waals surface area contributed by atoms with Crippen molar-refractivity contribution in [2.24, 2.45) is 0 Å². The molecule has 0 N–H and O–H groups in total. The molecule has 1 aliphatic heterocycles. The number of benzene rings is 3. The number of carbonyl (C=O) groups excluding carboxylic acids is 1. The van der Waals surface area contributed by atoms with Crippen LogP contribution in [-0.4, -0.2) is 51.8 Å². The molecule has 1 amide bonds. The molecule has 0 bridgehead atoms. The zero-order valence-electron chi connectivity index (χ0n) is 17.4. The number of amides is 1. The summed E-state index contributed by atoms with van der Waals surface area (Å²) >= 11 is 0. The van der Waals surface area contributed by atoms with Crippen LogP contribution in [0.15, 0.2) is 84.9 Å². The van der Waals surface area contributed by atoms with Crippen molar-refractivity contribution in [1.82, 2.24) is 19.7 Å². The van der Waals surface area contributed by atoms with E-state index in [0.29, 0.717) is 24.6 Å². The van der Waals surface area contributed by atoms with Crippen LogP contribution in [0, 0.1) is 5.82 Å². The van der Waals surface area contributed by atoms with Gasteiger partial charge in [0, 0.05) is 37.4 Å². The number of nitrogens with zero attached hydrogens (tertiary/aromatic N) is 5. The van der Waals surface area contributed by atoms with Crippen LogP contribution in [0.4, 0.5) is 10.1 Å². The van der Waals surface area contributed by atoms with Crippen molar-refractivity contribution in [2.75, 3.05) is 31.1 Å². The highest BCUT2D eigenvalue weighted by atomic mass is 19.1. The van der Waals surface area contributed by atoms with Gasteiger partial charge in [0.2, 0.25) is 5.82 Å². The van der Waals surface area contributed by atoms with Crippen molar-refractivity contribution in [1.29, 1.82) is 0 Å². The van der Waals surface area contributed by atoms with Crippen LogP contribution in [0.1, 0.15) is 10.6 Å². The normalized spacial score (nSPS) is 13.9. The molecule has 1 aliphatic rings. The molecule has 0 atom stereocenters. The number of para-hydroxylation sites is 1. The number of aromatic nitrogens is 3. The van der Waals surface area contributed by atoms with Gasteiger partial charge in [-0.15, -0.1) is 5.10 Å². The monoisotopic (exact) mass is 427 g/mol. The van der Waals surface area contributed by atoms with E-state index in [4.69, 9.17) is 0 Å². The Labute approximate surface area is 185 Å². The van der Waals surface area contributed by atoms with Crippen LogP contribution in [0.5, 0.6) is 0 Å². The molecule has 1 saturated heterocycles. The third-order valence-corrected chi connectivity index (χ3v) is 5.59. The van der Waals surface area contributed by atoms with Crippen LogP contribution in [-0.2, 0) is 0 Å². The maximum atomic E-state index is 13.4. The van der Waals surface area contributed by atoms with Gasteiger partial charge in [0.1, 0.15) is 5.82 Å². The van der Waals surface area contributed by atoms with Crippen LogP contribution in [0.25, 0.3) is 17.1 Å². The molecule has 1 fully saturated rings. The third-order valence-electron chi connectivity index (χ3n) is 5.59. The topological polar surface area (TPSA) is 54.3 Å². The molecule has 160 valence electrons. The van der Waals surface area contributed by atoms with Crippen LogP contribution < -0.4 is 4.90 Å². The van der Waals surface area contributed by atoms with Gasteiger partial charge in [0.15, 0.2) is 5.82 Å². The first-order chi connectivity index (χ1) is 15.7. The second kappa shape index (κ2) is 8.63. The second-order valence-corrected chi connectivity index (χ2v) is 7.63. The summed E-state index contributed by atoms with van der Waals surface area (Å²) in [4.78, 5) is 21.9. The summed E-state index contributed by atoms with van der Waals surface area (Å²) in [6, 6.07) is 25.7. The fraction of sp³-hybridized carbons (Fsp3) is 0.160. The number of carbonyl (C=O) groups is 1. The average molecular weight is 427 g/mol. The Morgan fingerprint density at radius 1 is 0.750 bits per heavy atom. The molecule has 5 rings (SSSR count). The van der Waals surface area contributed by atoms with Gasteiger partial charge in [-0.05, 0) is 36.4 Å². The Morgan fingerprint density at radius 2 is 1.38 bits per heavy atom. The van der Waals surface area contributed by atoms with E-state index < -0.39 is 0 Å². The minimum Gasteiger partial charge on any atom is -0.368 e. The summed E-state index contributed by atoms with van der Waals surface area (Å²) in [7, 11) is 0. The van der Waals surface area contributed by atoms with E-state index in [2.05, 4.69) is 27.1 Å². The number of halogens is 1. The zero-order valence-corrected chi connectivity index (χ0v) is 17.4. The smallest absolute Gasteiger partial charge is 0.293 e. The number of rotatable bonds is 4. The fourth-order valence-corrected chi connectivity index (χ4v) is 3.89. The molecule has 1 aromatic heterocycles. The molecule has 2 heterocycles. The summed E-state index contributed by atoms with van der Waals surface area (Å²) in [5.41, 5.74) is 2.63. The second-order valence-electron chi connectivity index (χ2n) is 7.63. The lowest BCUT2D eigenvalue weighted by Crippen LogP contribution is -2.49. The number of hydrogen-bond donors (Lipinski definition) is 0. The van der Waals surface area contributed by atoms with Gasteiger partial charge in [0.25, 0.3) is 5.91 Å². The predicted octanol–water partition coefficient (Wildman–Crippen LogP) is 4.04. The van der Waals surface area contributed by atoms with Crippen molar-refractivity contribution in [3.05, 3.63) is 96.6 Å². The summed E-state index contributed by atoms with van der Waals surface area (Å²) in [5, 5.41) is 4.52. The molecule has 0 unspecified atom stereocenters. The highest BCUT2D eigenvalue weighted by Crippen LogP contribution is 2.22. The van der Waals surface area contributed by atoms with Crippen molar-refractivity contribution in [2.45, 2.75) is 0 Å². The lowest BCUT2D eigenvalue weighted by Gasteiger charge is -2.35. The molecule has 0 aliphatic carbocycles. The van der Waals surface area contributed by atoms with Crippen LogP contribution >= 0.6 is 0 Å². The standard InChI is InChI=1S/C25H22FN5O/c26-20-11-13-22(14-12-20)31-24(19-7-3-1-4-8-19)27-23(28-31)25(32)30-17-15-29(16-18-30)21-9-5-2-6-10-21/h1-14H,15-18H2. The maximum Gasteiger partial charge on any atom is 0.293 e. The molecule has 3 aromatic carbocycles. The molecule has 32 heavy (non-hydrogen) atoms. The molecular weight excluding hydrogens is 405 g/mol. The SMILES string of the molecule is O=C(c1nc(-c2ccccc2)n(-c2ccc(F)cc2)n1)N1CCN(c2ccccc2)CC1. The van der Waals surface area contributed by atoms with Gasteiger partial charge in [-0.3, -0.25) is 4.79 Å². The lowest BCUT2D eigenvalue weighted by molar-refractivity contribution is 0.0734. The average Bonchev–Trinajstić information content (AvgIpc) is 3.31. The summed E-state index contributed by atoms with van der Waals surface area (Å²) in [5.74, 6) is 0.156. The van der Waals surface area contributed by atoms with E-state index in [0.717, 1.165) is 24.3 Å². The highest BCUT2D eigenvalue weighted by Gasteiger charge is 2.26. The molecular formula is C25H22FN5O. The van der Waals surface area contributed by atoms with Gasteiger partial charge in [0.05, 0.1) is 5.69 Å². The predicted molar refractivity (Wildman–Crippen MR) is 121 cm³/mol. The quantitative estimate of drug-likeness (QED) is 0.493. The Kier molecular flexibility index (Phi) is 5.37. The van der Waals surface area contributed by atoms with E-state index in [1.165, 1.54) is 12.1 Å². The van der Waals surface area contributed by atoms with Crippen LogP contribution in [0.3, 0.4) is 0 Å². The molecule has 0 spiro atoms. The van der Waals surface area contributed by atoms with Crippen LogP contribution in [0.2, 0.25) is 0 Å². The zero-order chi connectivity index (χ0) is 21.9. The maximum absolute atomic E-state index is 13.4. The lowest BCUT2D eigenvalue weighted by atomic mass is 10.2. The number of hydrogen-bond acceptors (Lipinski definition) is 4. The molecule has 7 heteroatoms. The summed E-state index contributed by atoms with van der Waals surface area (Å²) in [6.07, 6.45) is 0. The van der Waals surface area contributed by atoms with Crippen molar-refractivity contribution in [3.63, 3.8) is 0 Å². The minimum absolute atomic E-state index is 0.140. The first kappa shape index (κ1) is 19.9. The molecule has 6 nitrogen and oxygen atoms in total. The van der Waals surface area contributed by atoms with Gasteiger partial charge in [-0.25, -0.2) is 14.1 Å². The van der Waals surface area contributed by atoms with E-state index in [-0.39, 0.29) is 17.5 Å². The van der Waals surface area contributed by atoms with Crippen molar-refractivity contribution >= 4 is 11.6 Å². The van der Waals surface area contributed by atoms with Gasteiger partial charge < -0.3 is 9.80 Å². The van der Waals surface area contributed by atoms with E-state index in [1.54, 1.807) is 21.7 Å². The molecule has 4 aromatic rings. The molecule has 0 saturated carbocycles.